The first kappa shape index (κ1) is 18.0. The van der Waals surface area contributed by atoms with Crippen LogP contribution >= 0.6 is 11.6 Å². The third-order valence-electron chi connectivity index (χ3n) is 5.27. The summed E-state index contributed by atoms with van der Waals surface area (Å²) in [7, 11) is -4.45. The molecule has 3 aromatic rings. The van der Waals surface area contributed by atoms with E-state index in [2.05, 4.69) is 4.98 Å². The van der Waals surface area contributed by atoms with E-state index in [0.717, 1.165) is 22.2 Å². The molecule has 2 unspecified atom stereocenters. The van der Waals surface area contributed by atoms with Crippen LogP contribution in [0, 0.1) is 17.2 Å². The fourth-order valence-electron chi connectivity index (χ4n) is 3.86. The summed E-state index contributed by atoms with van der Waals surface area (Å²) in [5.41, 5.74) is 2.66. The number of benzene rings is 2. The Morgan fingerprint density at radius 1 is 1.22 bits per heavy atom. The lowest BCUT2D eigenvalue weighted by Crippen LogP contribution is -2.43. The van der Waals surface area contributed by atoms with Crippen molar-refractivity contribution in [2.45, 2.75) is 29.2 Å². The maximum atomic E-state index is 15.7. The molecule has 0 aliphatic heterocycles. The average molecular weight is 403 g/mol. The highest BCUT2D eigenvalue weighted by Crippen LogP contribution is 2.42. The van der Waals surface area contributed by atoms with Gasteiger partial charge >= 0.3 is 5.00 Å². The first-order valence-electron chi connectivity index (χ1n) is 8.55. The fraction of sp³-hybridized carbons (Fsp3) is 0.250. The Kier molecular flexibility index (Phi) is 4.25. The summed E-state index contributed by atoms with van der Waals surface area (Å²) >= 11 is 6.07. The van der Waals surface area contributed by atoms with Crippen molar-refractivity contribution in [1.29, 1.82) is 5.26 Å². The third kappa shape index (κ3) is 2.73. The topological polar surface area (TPSA) is 73.7 Å². The molecule has 0 radical (unpaired) electrons. The van der Waals surface area contributed by atoms with Gasteiger partial charge in [-0.05, 0) is 55.2 Å². The molecule has 1 heterocycles. The van der Waals surface area contributed by atoms with Gasteiger partial charge in [0.05, 0.1) is 4.90 Å². The van der Waals surface area contributed by atoms with Crippen LogP contribution in [0.15, 0.2) is 53.4 Å². The number of nitrogens with one attached hydrogen (secondary N) is 1. The Labute approximate surface area is 161 Å². The number of hydrogen-bond donors (Lipinski definition) is 1. The monoisotopic (exact) mass is 402 g/mol. The van der Waals surface area contributed by atoms with E-state index in [1.165, 1.54) is 30.3 Å². The van der Waals surface area contributed by atoms with Crippen LogP contribution in [-0.2, 0) is 22.7 Å². The van der Waals surface area contributed by atoms with Crippen molar-refractivity contribution in [3.8, 4) is 6.07 Å². The van der Waals surface area contributed by atoms with Crippen molar-refractivity contribution in [1.82, 2.24) is 4.98 Å². The van der Waals surface area contributed by atoms with E-state index in [9.17, 15) is 13.7 Å². The number of aryl methyl sites for hydroxylation is 1. The molecule has 27 heavy (non-hydrogen) atoms. The fourth-order valence-corrected chi connectivity index (χ4v) is 5.65. The van der Waals surface area contributed by atoms with Crippen molar-refractivity contribution < 1.29 is 12.8 Å². The second kappa shape index (κ2) is 6.36. The number of halogens is 2. The molecule has 1 aliphatic carbocycles. The van der Waals surface area contributed by atoms with Crippen LogP contribution in [0.4, 0.5) is 4.39 Å². The Balaban J connectivity index is 1.75. The molecule has 138 valence electrons. The standard InChI is InChI=1S/C20H16ClFN2O2S/c21-14-7-9-18-17(11-14)16-8-6-13(10-19(16)24-18)20(22,12-23)27(25,26)15-4-2-1-3-5-15/h1-5,7,9,11,13,24H,6,8,10H2. The number of alkyl halides is 1. The zero-order valence-corrected chi connectivity index (χ0v) is 15.8. The van der Waals surface area contributed by atoms with Crippen molar-refractivity contribution in [3.05, 3.63) is 64.8 Å². The maximum Gasteiger partial charge on any atom is 0.302 e. The number of sulfone groups is 1. The number of fused-ring (bicyclic) bond motifs is 3. The van der Waals surface area contributed by atoms with Crippen molar-refractivity contribution in [2.75, 3.05) is 0 Å². The SMILES string of the molecule is N#CC(F)(C1CCc2c([nH]c3ccc(Cl)cc23)C1)S(=O)(=O)c1ccccc1. The van der Waals surface area contributed by atoms with Gasteiger partial charge in [0.2, 0.25) is 9.84 Å². The first-order valence-corrected chi connectivity index (χ1v) is 10.4. The molecule has 0 bridgehead atoms. The van der Waals surface area contributed by atoms with E-state index in [-0.39, 0.29) is 17.7 Å². The van der Waals surface area contributed by atoms with E-state index in [4.69, 9.17) is 11.6 Å². The molecule has 0 saturated heterocycles. The smallest absolute Gasteiger partial charge is 0.302 e. The number of aromatic amines is 1. The van der Waals surface area contributed by atoms with Crippen LogP contribution in [0.25, 0.3) is 10.9 Å². The Bertz CT molecular complexity index is 1170. The number of nitrogens with zero attached hydrogens (tertiary/aromatic N) is 1. The lowest BCUT2D eigenvalue weighted by Gasteiger charge is -2.30. The maximum absolute atomic E-state index is 15.7. The van der Waals surface area contributed by atoms with Gasteiger partial charge in [0, 0.05) is 27.5 Å². The molecular formula is C20H16ClFN2O2S. The molecule has 0 amide bonds. The minimum Gasteiger partial charge on any atom is -0.358 e. The number of H-pyrrole nitrogens is 1. The molecule has 1 N–H and O–H groups in total. The molecule has 2 atom stereocenters. The predicted molar refractivity (Wildman–Crippen MR) is 102 cm³/mol. The summed E-state index contributed by atoms with van der Waals surface area (Å²) < 4.78 is 41.5. The molecule has 4 rings (SSSR count). The van der Waals surface area contributed by atoms with E-state index in [1.54, 1.807) is 12.1 Å². The van der Waals surface area contributed by atoms with Crippen LogP contribution in [-0.4, -0.2) is 18.4 Å². The summed E-state index contributed by atoms with van der Waals surface area (Å²) in [6, 6.07) is 14.2. The first-order chi connectivity index (χ1) is 12.9. The molecule has 0 fully saturated rings. The van der Waals surface area contributed by atoms with Crippen LogP contribution < -0.4 is 0 Å². The van der Waals surface area contributed by atoms with Gasteiger partial charge in [-0.1, -0.05) is 29.8 Å². The number of hydrogen-bond acceptors (Lipinski definition) is 3. The van der Waals surface area contributed by atoms with Gasteiger partial charge in [-0.25, -0.2) is 12.8 Å². The van der Waals surface area contributed by atoms with Gasteiger partial charge < -0.3 is 4.98 Å². The zero-order valence-electron chi connectivity index (χ0n) is 14.2. The van der Waals surface area contributed by atoms with Crippen molar-refractivity contribution >= 4 is 32.3 Å². The quantitative estimate of drug-likeness (QED) is 0.696. The molecular weight excluding hydrogens is 387 g/mol. The Hall–Kier alpha value is -2.36. The second-order valence-corrected chi connectivity index (χ2v) is 9.29. The summed E-state index contributed by atoms with van der Waals surface area (Å²) in [4.78, 5) is 3.05. The van der Waals surface area contributed by atoms with Crippen LogP contribution in [0.5, 0.6) is 0 Å². The lowest BCUT2D eigenvalue weighted by molar-refractivity contribution is 0.213. The average Bonchev–Trinajstić information content (AvgIpc) is 3.04. The largest absolute Gasteiger partial charge is 0.358 e. The number of nitriles is 1. The van der Waals surface area contributed by atoms with E-state index in [1.807, 2.05) is 12.1 Å². The summed E-state index contributed by atoms with van der Waals surface area (Å²) in [6.07, 6.45) is 0.901. The molecule has 4 nitrogen and oxygen atoms in total. The van der Waals surface area contributed by atoms with Crippen LogP contribution in [0.3, 0.4) is 0 Å². The zero-order chi connectivity index (χ0) is 19.2. The third-order valence-corrected chi connectivity index (χ3v) is 7.61. The Morgan fingerprint density at radius 2 is 1.96 bits per heavy atom. The number of rotatable bonds is 3. The van der Waals surface area contributed by atoms with Gasteiger partial charge in [-0.2, -0.15) is 5.26 Å². The van der Waals surface area contributed by atoms with E-state index < -0.39 is 20.8 Å². The molecule has 7 heteroatoms. The highest BCUT2D eigenvalue weighted by molar-refractivity contribution is 7.93. The van der Waals surface area contributed by atoms with Crippen molar-refractivity contribution in [3.63, 3.8) is 0 Å². The van der Waals surface area contributed by atoms with Crippen LogP contribution in [0.2, 0.25) is 5.02 Å². The van der Waals surface area contributed by atoms with Gasteiger partial charge in [-0.15, -0.1) is 0 Å². The highest BCUT2D eigenvalue weighted by Gasteiger charge is 2.53. The summed E-state index contributed by atoms with van der Waals surface area (Å²) in [5.74, 6) is -0.955. The van der Waals surface area contributed by atoms with E-state index >= 15 is 4.39 Å². The van der Waals surface area contributed by atoms with Gasteiger partial charge in [0.25, 0.3) is 0 Å². The normalized spacial score (nSPS) is 19.2. The predicted octanol–water partition coefficient (Wildman–Crippen LogP) is 4.59. The van der Waals surface area contributed by atoms with E-state index in [0.29, 0.717) is 11.4 Å². The minimum atomic E-state index is -4.45. The molecule has 0 saturated carbocycles. The lowest BCUT2D eigenvalue weighted by atomic mass is 9.84. The van der Waals surface area contributed by atoms with Gasteiger partial charge in [0.1, 0.15) is 6.07 Å². The summed E-state index contributed by atoms with van der Waals surface area (Å²) in [6.45, 7) is 0. The second-order valence-electron chi connectivity index (χ2n) is 6.79. The molecule has 0 spiro atoms. The Morgan fingerprint density at radius 3 is 2.67 bits per heavy atom. The van der Waals surface area contributed by atoms with Gasteiger partial charge in [-0.3, -0.25) is 0 Å². The molecule has 2 aromatic carbocycles. The molecule has 1 aliphatic rings. The van der Waals surface area contributed by atoms with Gasteiger partial charge in [0.15, 0.2) is 0 Å². The van der Waals surface area contributed by atoms with Crippen LogP contribution in [0.1, 0.15) is 17.7 Å². The highest BCUT2D eigenvalue weighted by atomic mass is 35.5. The molecule has 1 aromatic heterocycles. The summed E-state index contributed by atoms with van der Waals surface area (Å²) in [5, 5.41) is 8.11. The van der Waals surface area contributed by atoms with Crippen molar-refractivity contribution in [2.24, 2.45) is 5.92 Å². The number of aromatic nitrogens is 1. The minimum absolute atomic E-state index is 0.151.